The average Bonchev–Trinajstić information content (AvgIpc) is 3.28. The van der Waals surface area contributed by atoms with Crippen molar-refractivity contribution in [3.63, 3.8) is 0 Å². The van der Waals surface area contributed by atoms with Gasteiger partial charge in [0.05, 0.1) is 18.9 Å². The number of carbonyl (C=O) groups is 1. The van der Waals surface area contributed by atoms with Crippen molar-refractivity contribution in [1.82, 2.24) is 14.8 Å². The zero-order valence-corrected chi connectivity index (χ0v) is 20.9. The number of para-hydroxylation sites is 2. The van der Waals surface area contributed by atoms with Crippen LogP contribution in [0.25, 0.3) is 5.69 Å². The zero-order chi connectivity index (χ0) is 24.6. The molecule has 0 radical (unpaired) electrons. The van der Waals surface area contributed by atoms with Crippen molar-refractivity contribution < 1.29 is 9.53 Å². The number of nitrogens with one attached hydrogen (secondary N) is 2. The molecule has 180 valence electrons. The largest absolute Gasteiger partial charge is 0.494 e. The molecule has 0 saturated heterocycles. The highest BCUT2D eigenvalue weighted by Gasteiger charge is 2.16. The van der Waals surface area contributed by atoms with Crippen molar-refractivity contribution in [3.8, 4) is 11.4 Å². The number of carbonyl (C=O) groups excluding carboxylic acids is 1. The van der Waals surface area contributed by atoms with E-state index in [0.717, 1.165) is 39.8 Å². The molecule has 1 aromatic heterocycles. The van der Waals surface area contributed by atoms with Gasteiger partial charge < -0.3 is 15.4 Å². The first kappa shape index (κ1) is 24.3. The first-order valence-corrected chi connectivity index (χ1v) is 12.5. The third kappa shape index (κ3) is 6.22. The molecular weight excluding hydrogens is 458 g/mol. The molecule has 0 fully saturated rings. The molecule has 0 saturated carbocycles. The minimum atomic E-state index is -0.0796. The molecule has 3 aromatic carbocycles. The van der Waals surface area contributed by atoms with Gasteiger partial charge in [-0.3, -0.25) is 9.36 Å². The van der Waals surface area contributed by atoms with Gasteiger partial charge in [-0.05, 0) is 68.3 Å². The third-order valence-electron chi connectivity index (χ3n) is 5.41. The Morgan fingerprint density at radius 2 is 1.66 bits per heavy atom. The van der Waals surface area contributed by atoms with Gasteiger partial charge in [-0.15, -0.1) is 10.2 Å². The molecule has 8 heteroatoms. The van der Waals surface area contributed by atoms with Gasteiger partial charge >= 0.3 is 0 Å². The fraction of sp³-hybridized carbons (Fsp3) is 0.222. The number of nitrogens with zero attached hydrogens (tertiary/aromatic N) is 3. The fourth-order valence-corrected chi connectivity index (χ4v) is 4.45. The molecule has 4 aromatic rings. The lowest BCUT2D eigenvalue weighted by molar-refractivity contribution is -0.113. The smallest absolute Gasteiger partial charge is 0.234 e. The van der Waals surface area contributed by atoms with Crippen molar-refractivity contribution in [3.05, 3.63) is 89.7 Å². The number of ether oxygens (including phenoxy) is 1. The monoisotopic (exact) mass is 487 g/mol. The van der Waals surface area contributed by atoms with Crippen LogP contribution < -0.4 is 15.4 Å². The van der Waals surface area contributed by atoms with E-state index in [1.807, 2.05) is 98.1 Å². The van der Waals surface area contributed by atoms with Crippen LogP contribution in [-0.4, -0.2) is 33.0 Å². The first-order valence-electron chi connectivity index (χ1n) is 11.5. The Balaban J connectivity index is 1.48. The van der Waals surface area contributed by atoms with Crippen LogP contribution in [0, 0.1) is 13.8 Å². The van der Waals surface area contributed by atoms with Gasteiger partial charge in [0.25, 0.3) is 0 Å². The van der Waals surface area contributed by atoms with Crippen molar-refractivity contribution in [1.29, 1.82) is 0 Å². The van der Waals surface area contributed by atoms with Crippen LogP contribution in [0.4, 0.5) is 11.4 Å². The number of aryl methyl sites for hydroxylation is 2. The molecule has 4 rings (SSSR count). The second kappa shape index (κ2) is 11.6. The van der Waals surface area contributed by atoms with E-state index in [1.54, 1.807) is 0 Å². The molecule has 0 aliphatic rings. The van der Waals surface area contributed by atoms with Crippen molar-refractivity contribution in [2.75, 3.05) is 23.0 Å². The Kier molecular flexibility index (Phi) is 8.05. The first-order chi connectivity index (χ1) is 17.0. The molecule has 0 bridgehead atoms. The van der Waals surface area contributed by atoms with Crippen LogP contribution in [0.15, 0.2) is 78.0 Å². The molecule has 0 spiro atoms. The van der Waals surface area contributed by atoms with Crippen LogP contribution in [-0.2, 0) is 11.3 Å². The fourth-order valence-electron chi connectivity index (χ4n) is 3.68. The summed E-state index contributed by atoms with van der Waals surface area (Å²) in [6, 6.07) is 23.7. The summed E-state index contributed by atoms with van der Waals surface area (Å²) < 4.78 is 7.50. The molecule has 0 aliphatic carbocycles. The third-order valence-corrected chi connectivity index (χ3v) is 6.34. The van der Waals surface area contributed by atoms with Gasteiger partial charge in [0, 0.05) is 17.1 Å². The molecule has 0 unspecified atom stereocenters. The van der Waals surface area contributed by atoms with Crippen molar-refractivity contribution >= 4 is 29.0 Å². The Morgan fingerprint density at radius 3 is 2.34 bits per heavy atom. The van der Waals surface area contributed by atoms with E-state index in [2.05, 4.69) is 20.8 Å². The van der Waals surface area contributed by atoms with E-state index in [4.69, 9.17) is 4.74 Å². The topological polar surface area (TPSA) is 81.1 Å². The molecule has 35 heavy (non-hydrogen) atoms. The maximum Gasteiger partial charge on any atom is 0.234 e. The van der Waals surface area contributed by atoms with Crippen molar-refractivity contribution in [2.24, 2.45) is 0 Å². The number of benzene rings is 3. The zero-order valence-electron chi connectivity index (χ0n) is 20.1. The van der Waals surface area contributed by atoms with Crippen LogP contribution in [0.2, 0.25) is 0 Å². The van der Waals surface area contributed by atoms with E-state index in [1.165, 1.54) is 11.8 Å². The summed E-state index contributed by atoms with van der Waals surface area (Å²) in [4.78, 5) is 12.7. The highest BCUT2D eigenvalue weighted by atomic mass is 32.2. The van der Waals surface area contributed by atoms with Crippen LogP contribution in [0.1, 0.15) is 23.9 Å². The molecular formula is C27H29N5O2S. The van der Waals surface area contributed by atoms with Gasteiger partial charge in [0.2, 0.25) is 5.91 Å². The number of rotatable bonds is 10. The Labute approximate surface area is 209 Å². The SMILES string of the molecule is CCOc1ccc(NCc2nnc(SCC(=O)Nc3c(C)cccc3C)n2-c2ccccc2)cc1. The predicted molar refractivity (Wildman–Crippen MR) is 142 cm³/mol. The van der Waals surface area contributed by atoms with E-state index >= 15 is 0 Å². The molecule has 1 heterocycles. The van der Waals surface area contributed by atoms with Gasteiger partial charge in [-0.25, -0.2) is 0 Å². The summed E-state index contributed by atoms with van der Waals surface area (Å²) in [5.41, 5.74) is 4.84. The molecule has 1 amide bonds. The molecule has 2 N–H and O–H groups in total. The Bertz CT molecular complexity index is 1250. The summed E-state index contributed by atoms with van der Waals surface area (Å²) in [6.07, 6.45) is 0. The van der Waals surface area contributed by atoms with Gasteiger partial charge in [-0.1, -0.05) is 48.2 Å². The quantitative estimate of drug-likeness (QED) is 0.282. The number of anilines is 2. The van der Waals surface area contributed by atoms with Crippen molar-refractivity contribution in [2.45, 2.75) is 32.5 Å². The normalized spacial score (nSPS) is 10.7. The maximum atomic E-state index is 12.7. The Hall–Kier alpha value is -3.78. The molecule has 7 nitrogen and oxygen atoms in total. The van der Waals surface area contributed by atoms with E-state index in [0.29, 0.717) is 18.3 Å². The van der Waals surface area contributed by atoms with E-state index in [-0.39, 0.29) is 11.7 Å². The highest BCUT2D eigenvalue weighted by molar-refractivity contribution is 7.99. The second-order valence-corrected chi connectivity index (χ2v) is 8.93. The van der Waals surface area contributed by atoms with Gasteiger partial charge in [0.1, 0.15) is 5.75 Å². The summed E-state index contributed by atoms with van der Waals surface area (Å²) >= 11 is 1.36. The van der Waals surface area contributed by atoms with Gasteiger partial charge in [-0.2, -0.15) is 0 Å². The summed E-state index contributed by atoms with van der Waals surface area (Å²) in [7, 11) is 0. The Morgan fingerprint density at radius 1 is 0.943 bits per heavy atom. The maximum absolute atomic E-state index is 12.7. The number of thioether (sulfide) groups is 1. The lowest BCUT2D eigenvalue weighted by Crippen LogP contribution is -2.16. The molecule has 0 aliphatic heterocycles. The number of hydrogen-bond acceptors (Lipinski definition) is 6. The summed E-state index contributed by atoms with van der Waals surface area (Å²) in [5, 5.41) is 15.9. The number of aromatic nitrogens is 3. The second-order valence-electron chi connectivity index (χ2n) is 7.98. The standard InChI is InChI=1S/C27H29N5O2S/c1-4-34-23-15-13-21(14-16-23)28-17-24-30-31-27(32(24)22-11-6-5-7-12-22)35-18-25(33)29-26-19(2)9-8-10-20(26)3/h5-16,28H,4,17-18H2,1-3H3,(H,29,33). The average molecular weight is 488 g/mol. The number of amides is 1. The summed E-state index contributed by atoms with van der Waals surface area (Å²) in [6.45, 7) is 7.06. The lowest BCUT2D eigenvalue weighted by Gasteiger charge is -2.13. The van der Waals surface area contributed by atoms with Gasteiger partial charge in [0.15, 0.2) is 11.0 Å². The number of hydrogen-bond donors (Lipinski definition) is 2. The molecule has 0 atom stereocenters. The van der Waals surface area contributed by atoms with Crippen LogP contribution in [0.5, 0.6) is 5.75 Å². The minimum absolute atomic E-state index is 0.0796. The van der Waals surface area contributed by atoms with Crippen LogP contribution >= 0.6 is 11.8 Å². The minimum Gasteiger partial charge on any atom is -0.494 e. The lowest BCUT2D eigenvalue weighted by atomic mass is 10.1. The highest BCUT2D eigenvalue weighted by Crippen LogP contribution is 2.25. The van der Waals surface area contributed by atoms with E-state index in [9.17, 15) is 4.79 Å². The van der Waals surface area contributed by atoms with E-state index < -0.39 is 0 Å². The van der Waals surface area contributed by atoms with Crippen LogP contribution in [0.3, 0.4) is 0 Å². The predicted octanol–water partition coefficient (Wildman–Crippen LogP) is 5.63. The summed E-state index contributed by atoms with van der Waals surface area (Å²) in [5.74, 6) is 1.74.